The minimum absolute atomic E-state index is 0.135. The molecule has 0 radical (unpaired) electrons. The molecule has 2 aromatic rings. The molecule has 0 spiro atoms. The highest BCUT2D eigenvalue weighted by Gasteiger charge is 2.22. The fraction of sp³-hybridized carbons (Fsp3) is 0.200. The van der Waals surface area contributed by atoms with Crippen molar-refractivity contribution in [1.82, 2.24) is 0 Å². The number of benzene rings is 2. The Labute approximate surface area is 120 Å². The van der Waals surface area contributed by atoms with Gasteiger partial charge >= 0.3 is 0 Å². The minimum atomic E-state index is -0.135. The first-order valence-corrected chi connectivity index (χ1v) is 7.11. The maximum absolute atomic E-state index is 13.1. The molecule has 1 unspecified atom stereocenters. The summed E-state index contributed by atoms with van der Waals surface area (Å²) in [6.45, 7) is 0. The molecule has 92 valence electrons. The van der Waals surface area contributed by atoms with Crippen molar-refractivity contribution in [2.75, 3.05) is 5.32 Å². The van der Waals surface area contributed by atoms with Crippen molar-refractivity contribution >= 4 is 28.3 Å². The van der Waals surface area contributed by atoms with Crippen molar-refractivity contribution in [1.29, 1.82) is 0 Å². The van der Waals surface area contributed by atoms with Crippen LogP contribution in [0.3, 0.4) is 0 Å². The maximum atomic E-state index is 13.1. The van der Waals surface area contributed by atoms with E-state index in [4.69, 9.17) is 0 Å². The number of nitrogens with one attached hydrogen (secondary N) is 1. The van der Waals surface area contributed by atoms with Crippen molar-refractivity contribution in [2.24, 2.45) is 0 Å². The van der Waals surface area contributed by atoms with Crippen LogP contribution in [0.4, 0.5) is 10.1 Å². The quantitative estimate of drug-likeness (QED) is 0.783. The van der Waals surface area contributed by atoms with Crippen LogP contribution in [0.25, 0.3) is 0 Å². The van der Waals surface area contributed by atoms with Gasteiger partial charge in [0.25, 0.3) is 0 Å². The molecular formula is C15H13FIN. The van der Waals surface area contributed by atoms with Gasteiger partial charge in [-0.2, -0.15) is 0 Å². The van der Waals surface area contributed by atoms with E-state index in [0.29, 0.717) is 6.04 Å². The van der Waals surface area contributed by atoms with Crippen LogP contribution in [0.15, 0.2) is 42.5 Å². The number of hydrogen-bond donors (Lipinski definition) is 1. The van der Waals surface area contributed by atoms with Crippen LogP contribution in [-0.4, -0.2) is 0 Å². The van der Waals surface area contributed by atoms with Gasteiger partial charge in [-0.05, 0) is 83.0 Å². The van der Waals surface area contributed by atoms with Crippen molar-refractivity contribution in [3.63, 3.8) is 0 Å². The van der Waals surface area contributed by atoms with E-state index in [1.54, 1.807) is 12.1 Å². The lowest BCUT2D eigenvalue weighted by molar-refractivity contribution is 0.626. The molecule has 1 nitrogen and oxygen atoms in total. The van der Waals surface area contributed by atoms with Gasteiger partial charge in [-0.1, -0.05) is 6.07 Å². The van der Waals surface area contributed by atoms with Crippen LogP contribution < -0.4 is 5.32 Å². The molecule has 1 atom stereocenters. The minimum Gasteiger partial charge on any atom is -0.378 e. The van der Waals surface area contributed by atoms with Gasteiger partial charge in [0.2, 0.25) is 0 Å². The standard InChI is InChI=1S/C15H13FIN/c16-11-2-7-14-10(9-11)1-8-15(14)18-13-5-3-12(17)4-6-13/h2-7,9,15,18H,1,8H2. The fourth-order valence-corrected chi connectivity index (χ4v) is 2.84. The summed E-state index contributed by atoms with van der Waals surface area (Å²) in [5, 5.41) is 3.52. The second kappa shape index (κ2) is 4.88. The molecule has 1 N–H and O–H groups in total. The lowest BCUT2D eigenvalue weighted by atomic mass is 10.1. The van der Waals surface area contributed by atoms with E-state index in [2.05, 4.69) is 52.2 Å². The zero-order valence-electron chi connectivity index (χ0n) is 9.79. The average Bonchev–Trinajstić information content (AvgIpc) is 2.74. The number of halogens is 2. The predicted octanol–water partition coefficient (Wildman–Crippen LogP) is 4.53. The van der Waals surface area contributed by atoms with Crippen LogP contribution >= 0.6 is 22.6 Å². The summed E-state index contributed by atoms with van der Waals surface area (Å²) in [4.78, 5) is 0. The van der Waals surface area contributed by atoms with Gasteiger partial charge in [-0.25, -0.2) is 4.39 Å². The summed E-state index contributed by atoms with van der Waals surface area (Å²) < 4.78 is 14.4. The molecule has 1 aliphatic carbocycles. The van der Waals surface area contributed by atoms with Gasteiger partial charge in [0.1, 0.15) is 5.82 Å². The molecule has 3 rings (SSSR count). The number of rotatable bonds is 2. The second-order valence-electron chi connectivity index (χ2n) is 4.59. The van der Waals surface area contributed by atoms with Gasteiger partial charge in [0.05, 0.1) is 6.04 Å². The molecule has 0 bridgehead atoms. The molecule has 0 saturated heterocycles. The molecule has 2 aromatic carbocycles. The number of anilines is 1. The Bertz CT molecular complexity index is 565. The van der Waals surface area contributed by atoms with Crippen LogP contribution in [0.2, 0.25) is 0 Å². The van der Waals surface area contributed by atoms with E-state index in [1.807, 2.05) is 6.07 Å². The summed E-state index contributed by atoms with van der Waals surface area (Å²) in [5.74, 6) is -0.135. The molecule has 0 heterocycles. The van der Waals surface area contributed by atoms with E-state index < -0.39 is 0 Å². The third-order valence-corrected chi connectivity index (χ3v) is 4.09. The monoisotopic (exact) mass is 353 g/mol. The highest BCUT2D eigenvalue weighted by atomic mass is 127. The van der Waals surface area contributed by atoms with Gasteiger partial charge in [0, 0.05) is 9.26 Å². The van der Waals surface area contributed by atoms with E-state index in [0.717, 1.165) is 24.1 Å². The van der Waals surface area contributed by atoms with E-state index >= 15 is 0 Å². The molecular weight excluding hydrogens is 340 g/mol. The summed E-state index contributed by atoms with van der Waals surface area (Å²) in [6.07, 6.45) is 1.99. The van der Waals surface area contributed by atoms with Crippen molar-refractivity contribution < 1.29 is 4.39 Å². The van der Waals surface area contributed by atoms with Crippen LogP contribution in [0.1, 0.15) is 23.6 Å². The van der Waals surface area contributed by atoms with Gasteiger partial charge in [-0.15, -0.1) is 0 Å². The van der Waals surface area contributed by atoms with Gasteiger partial charge in [0.15, 0.2) is 0 Å². The first kappa shape index (κ1) is 12.0. The molecule has 0 aromatic heterocycles. The number of hydrogen-bond acceptors (Lipinski definition) is 1. The van der Waals surface area contributed by atoms with Crippen molar-refractivity contribution in [3.8, 4) is 0 Å². The Kier molecular flexibility index (Phi) is 3.24. The normalized spacial score (nSPS) is 17.6. The zero-order chi connectivity index (χ0) is 12.5. The van der Waals surface area contributed by atoms with E-state index in [-0.39, 0.29) is 5.82 Å². The first-order valence-electron chi connectivity index (χ1n) is 6.03. The molecule has 0 fully saturated rings. The Morgan fingerprint density at radius 2 is 1.89 bits per heavy atom. The summed E-state index contributed by atoms with van der Waals surface area (Å²) in [6, 6.07) is 13.8. The van der Waals surface area contributed by atoms with Crippen LogP contribution in [0, 0.1) is 9.39 Å². The average molecular weight is 353 g/mol. The predicted molar refractivity (Wildman–Crippen MR) is 80.2 cm³/mol. The lowest BCUT2D eigenvalue weighted by Gasteiger charge is -2.15. The first-order chi connectivity index (χ1) is 8.72. The summed E-state index contributed by atoms with van der Waals surface area (Å²) >= 11 is 2.30. The number of fused-ring (bicyclic) bond motifs is 1. The SMILES string of the molecule is Fc1ccc2c(c1)CCC2Nc1ccc(I)cc1. The van der Waals surface area contributed by atoms with E-state index in [9.17, 15) is 4.39 Å². The smallest absolute Gasteiger partial charge is 0.123 e. The lowest BCUT2D eigenvalue weighted by Crippen LogP contribution is -2.06. The van der Waals surface area contributed by atoms with Crippen molar-refractivity contribution in [2.45, 2.75) is 18.9 Å². The largest absolute Gasteiger partial charge is 0.378 e. The third kappa shape index (κ3) is 2.36. The fourth-order valence-electron chi connectivity index (χ4n) is 2.48. The molecule has 18 heavy (non-hydrogen) atoms. The highest BCUT2D eigenvalue weighted by molar-refractivity contribution is 14.1. The summed E-state index contributed by atoms with van der Waals surface area (Å²) in [7, 11) is 0. The van der Waals surface area contributed by atoms with E-state index in [1.165, 1.54) is 9.13 Å². The molecule has 1 aliphatic rings. The Morgan fingerprint density at radius 1 is 1.11 bits per heavy atom. The van der Waals surface area contributed by atoms with Gasteiger partial charge < -0.3 is 5.32 Å². The molecule has 0 saturated carbocycles. The molecule has 0 aliphatic heterocycles. The van der Waals surface area contributed by atoms with Crippen molar-refractivity contribution in [3.05, 3.63) is 63.0 Å². The number of aryl methyl sites for hydroxylation is 1. The highest BCUT2D eigenvalue weighted by Crippen LogP contribution is 2.34. The third-order valence-electron chi connectivity index (χ3n) is 3.37. The topological polar surface area (TPSA) is 12.0 Å². The molecule has 0 amide bonds. The second-order valence-corrected chi connectivity index (χ2v) is 5.83. The maximum Gasteiger partial charge on any atom is 0.123 e. The molecule has 3 heteroatoms. The van der Waals surface area contributed by atoms with Gasteiger partial charge in [-0.3, -0.25) is 0 Å². The van der Waals surface area contributed by atoms with Crippen LogP contribution in [-0.2, 0) is 6.42 Å². The Hall–Kier alpha value is -1.10. The zero-order valence-corrected chi connectivity index (χ0v) is 11.9. The Morgan fingerprint density at radius 3 is 2.67 bits per heavy atom. The summed E-state index contributed by atoms with van der Waals surface area (Å²) in [5.41, 5.74) is 3.49. The van der Waals surface area contributed by atoms with Crippen LogP contribution in [0.5, 0.6) is 0 Å². The Balaban J connectivity index is 1.82.